The Morgan fingerprint density at radius 3 is 1.85 bits per heavy atom. The predicted molar refractivity (Wildman–Crippen MR) is 171 cm³/mol. The van der Waals surface area contributed by atoms with E-state index in [9.17, 15) is 4.79 Å². The molecule has 0 atom stereocenters. The number of benzene rings is 4. The Hall–Kier alpha value is -3.89. The number of amides is 1. The minimum atomic E-state index is -0.286. The number of carbonyl (C=O) groups excluding carboxylic acids is 1. The Balaban J connectivity index is 1.21. The first-order valence-electron chi connectivity index (χ1n) is 14.9. The smallest absolute Gasteiger partial charge is 0.254 e. The average Bonchev–Trinajstić information content (AvgIpc) is 3.01. The van der Waals surface area contributed by atoms with Gasteiger partial charge in [0.2, 0.25) is 0 Å². The molecule has 0 unspecified atom stereocenters. The fraction of sp³-hybridized carbons (Fsp3) is 0.324. The van der Waals surface area contributed by atoms with Crippen molar-refractivity contribution in [3.05, 3.63) is 138 Å². The molecule has 0 radical (unpaired) electrons. The first-order chi connectivity index (χ1) is 19.9. The lowest BCUT2D eigenvalue weighted by atomic mass is 9.88. The summed E-state index contributed by atoms with van der Waals surface area (Å²) in [5, 5.41) is 0. The zero-order valence-corrected chi connectivity index (χ0v) is 24.7. The average molecular weight is 546 g/mol. The Kier molecular flexibility index (Phi) is 9.21. The molecule has 5 rings (SSSR count). The van der Waals surface area contributed by atoms with Crippen molar-refractivity contribution in [1.82, 2.24) is 9.80 Å². The maximum Gasteiger partial charge on any atom is 0.254 e. The number of rotatable bonds is 9. The SMILES string of the molecule is CC(C)(C)N(Cc1ccccc1)C(=O)c1cccc(N2CCN(CCC(c3ccccc3)c3ccccc3)CC2)c1. The van der Waals surface area contributed by atoms with Gasteiger partial charge in [-0.1, -0.05) is 97.1 Å². The second-order valence-corrected chi connectivity index (χ2v) is 12.1. The molecule has 41 heavy (non-hydrogen) atoms. The molecule has 0 spiro atoms. The fourth-order valence-electron chi connectivity index (χ4n) is 5.81. The van der Waals surface area contributed by atoms with Crippen LogP contribution in [0.4, 0.5) is 5.69 Å². The normalized spacial score (nSPS) is 14.3. The van der Waals surface area contributed by atoms with Gasteiger partial charge in [-0.05, 0) is 68.6 Å². The van der Waals surface area contributed by atoms with E-state index in [1.165, 1.54) is 11.1 Å². The highest BCUT2D eigenvalue weighted by atomic mass is 16.2. The van der Waals surface area contributed by atoms with Crippen molar-refractivity contribution in [2.24, 2.45) is 0 Å². The molecule has 0 N–H and O–H groups in total. The molecule has 1 amide bonds. The molecule has 0 saturated carbocycles. The van der Waals surface area contributed by atoms with Crippen molar-refractivity contribution in [3.63, 3.8) is 0 Å². The van der Waals surface area contributed by atoms with E-state index in [4.69, 9.17) is 0 Å². The summed E-state index contributed by atoms with van der Waals surface area (Å²) in [5.74, 6) is 0.481. The van der Waals surface area contributed by atoms with Crippen LogP contribution in [0.1, 0.15) is 60.2 Å². The van der Waals surface area contributed by atoms with E-state index in [-0.39, 0.29) is 11.4 Å². The molecule has 1 heterocycles. The van der Waals surface area contributed by atoms with Crippen molar-refractivity contribution >= 4 is 11.6 Å². The zero-order chi connectivity index (χ0) is 28.7. The van der Waals surface area contributed by atoms with Crippen LogP contribution in [0.3, 0.4) is 0 Å². The quantitative estimate of drug-likeness (QED) is 0.218. The Labute approximate surface area is 246 Å². The van der Waals surface area contributed by atoms with Crippen LogP contribution < -0.4 is 4.90 Å². The van der Waals surface area contributed by atoms with Gasteiger partial charge in [-0.15, -0.1) is 0 Å². The number of hydrogen-bond donors (Lipinski definition) is 0. The first-order valence-corrected chi connectivity index (χ1v) is 14.9. The summed E-state index contributed by atoms with van der Waals surface area (Å²) in [4.78, 5) is 20.8. The molecule has 4 aromatic rings. The van der Waals surface area contributed by atoms with Gasteiger partial charge in [-0.3, -0.25) is 9.69 Å². The van der Waals surface area contributed by atoms with E-state index in [1.54, 1.807) is 0 Å². The molecule has 4 heteroatoms. The summed E-state index contributed by atoms with van der Waals surface area (Å²) in [6.07, 6.45) is 1.10. The fourth-order valence-corrected chi connectivity index (χ4v) is 5.81. The summed E-state index contributed by atoms with van der Waals surface area (Å²) >= 11 is 0. The third-order valence-electron chi connectivity index (χ3n) is 8.21. The van der Waals surface area contributed by atoms with Gasteiger partial charge in [0.15, 0.2) is 0 Å². The predicted octanol–water partition coefficient (Wildman–Crippen LogP) is 7.47. The first kappa shape index (κ1) is 28.6. The van der Waals surface area contributed by atoms with E-state index < -0.39 is 0 Å². The second kappa shape index (κ2) is 13.2. The molecule has 212 valence electrons. The number of piperazine rings is 1. The van der Waals surface area contributed by atoms with Gasteiger partial charge in [0.25, 0.3) is 5.91 Å². The van der Waals surface area contributed by atoms with Gasteiger partial charge in [0.05, 0.1) is 0 Å². The maximum atomic E-state index is 13.8. The van der Waals surface area contributed by atoms with Crippen molar-refractivity contribution < 1.29 is 4.79 Å². The van der Waals surface area contributed by atoms with E-state index in [0.717, 1.165) is 56.0 Å². The second-order valence-electron chi connectivity index (χ2n) is 12.1. The van der Waals surface area contributed by atoms with Crippen LogP contribution in [-0.4, -0.2) is 54.0 Å². The Morgan fingerprint density at radius 1 is 0.732 bits per heavy atom. The molecule has 1 fully saturated rings. The minimum absolute atomic E-state index is 0.0784. The molecular weight excluding hydrogens is 502 g/mol. The number of anilines is 1. The van der Waals surface area contributed by atoms with Crippen molar-refractivity contribution in [3.8, 4) is 0 Å². The van der Waals surface area contributed by atoms with E-state index >= 15 is 0 Å². The highest BCUT2D eigenvalue weighted by molar-refractivity contribution is 5.95. The Bertz CT molecular complexity index is 1330. The molecule has 1 saturated heterocycles. The summed E-state index contributed by atoms with van der Waals surface area (Å²) < 4.78 is 0. The highest BCUT2D eigenvalue weighted by Crippen LogP contribution is 2.29. The largest absolute Gasteiger partial charge is 0.369 e. The molecule has 0 aromatic heterocycles. The lowest BCUT2D eigenvalue weighted by Gasteiger charge is -2.38. The summed E-state index contributed by atoms with van der Waals surface area (Å²) in [6, 6.07) is 40.3. The lowest BCUT2D eigenvalue weighted by Crippen LogP contribution is -2.47. The number of hydrogen-bond acceptors (Lipinski definition) is 3. The van der Waals surface area contributed by atoms with Gasteiger partial charge in [-0.2, -0.15) is 0 Å². The van der Waals surface area contributed by atoms with Crippen LogP contribution in [0, 0.1) is 0 Å². The lowest BCUT2D eigenvalue weighted by molar-refractivity contribution is 0.0559. The van der Waals surface area contributed by atoms with Crippen LogP contribution in [0.15, 0.2) is 115 Å². The van der Waals surface area contributed by atoms with Gasteiger partial charge in [0.1, 0.15) is 0 Å². The van der Waals surface area contributed by atoms with Crippen LogP contribution in [0.5, 0.6) is 0 Å². The van der Waals surface area contributed by atoms with Crippen LogP contribution in [-0.2, 0) is 6.54 Å². The summed E-state index contributed by atoms with van der Waals surface area (Å²) in [7, 11) is 0. The Morgan fingerprint density at radius 2 is 1.29 bits per heavy atom. The molecule has 0 aliphatic carbocycles. The zero-order valence-electron chi connectivity index (χ0n) is 24.7. The topological polar surface area (TPSA) is 26.8 Å². The van der Waals surface area contributed by atoms with E-state index in [0.29, 0.717) is 12.5 Å². The van der Waals surface area contributed by atoms with Gasteiger partial charge in [0, 0.05) is 55.4 Å². The maximum absolute atomic E-state index is 13.8. The van der Waals surface area contributed by atoms with Gasteiger partial charge in [-0.25, -0.2) is 0 Å². The molecule has 1 aliphatic heterocycles. The standard InChI is InChI=1S/C37H43N3O/c1-37(2,3)40(29-30-14-7-4-8-15-30)36(41)33-20-13-21-34(28-33)39-26-24-38(25-27-39)23-22-35(31-16-9-5-10-17-31)32-18-11-6-12-19-32/h4-21,28,35H,22-27,29H2,1-3H3. The summed E-state index contributed by atoms with van der Waals surface area (Å²) in [5.41, 5.74) is 5.52. The number of carbonyl (C=O) groups is 1. The third kappa shape index (κ3) is 7.45. The molecule has 4 aromatic carbocycles. The molecule has 0 bridgehead atoms. The van der Waals surface area contributed by atoms with Crippen molar-refractivity contribution in [1.29, 1.82) is 0 Å². The van der Waals surface area contributed by atoms with Crippen molar-refractivity contribution in [2.75, 3.05) is 37.6 Å². The summed E-state index contributed by atoms with van der Waals surface area (Å²) in [6.45, 7) is 12.0. The highest BCUT2D eigenvalue weighted by Gasteiger charge is 2.28. The van der Waals surface area contributed by atoms with Gasteiger partial charge < -0.3 is 9.80 Å². The molecule has 4 nitrogen and oxygen atoms in total. The third-order valence-corrected chi connectivity index (χ3v) is 8.21. The minimum Gasteiger partial charge on any atom is -0.369 e. The van der Waals surface area contributed by atoms with Crippen LogP contribution >= 0.6 is 0 Å². The molecular formula is C37H43N3O. The molecule has 1 aliphatic rings. The van der Waals surface area contributed by atoms with E-state index in [2.05, 4.69) is 116 Å². The van der Waals surface area contributed by atoms with Crippen LogP contribution in [0.25, 0.3) is 0 Å². The monoisotopic (exact) mass is 545 g/mol. The van der Waals surface area contributed by atoms with Crippen LogP contribution in [0.2, 0.25) is 0 Å². The van der Waals surface area contributed by atoms with Gasteiger partial charge >= 0.3 is 0 Å². The van der Waals surface area contributed by atoms with E-state index in [1.807, 2.05) is 35.2 Å². The van der Waals surface area contributed by atoms with Crippen molar-refractivity contribution in [2.45, 2.75) is 45.2 Å². The number of nitrogens with zero attached hydrogens (tertiary/aromatic N) is 3.